The summed E-state index contributed by atoms with van der Waals surface area (Å²) in [6, 6.07) is 20.2. The highest BCUT2D eigenvalue weighted by Gasteiger charge is 2.27. The number of hydrogen-bond acceptors (Lipinski definition) is 6. The lowest BCUT2D eigenvalue weighted by molar-refractivity contribution is 0.0701. The molecule has 8 heteroatoms. The molecule has 0 saturated carbocycles. The molecule has 2 aliphatic rings. The zero-order chi connectivity index (χ0) is 26.9. The molecule has 2 aromatic carbocycles. The summed E-state index contributed by atoms with van der Waals surface area (Å²) in [5.41, 5.74) is 4.59. The number of nitrogens with zero attached hydrogens (tertiary/aromatic N) is 3. The molecule has 0 radical (unpaired) electrons. The Kier molecular flexibility index (Phi) is 6.70. The van der Waals surface area contributed by atoms with E-state index in [1.165, 1.54) is 11.3 Å². The number of para-hydroxylation sites is 1. The molecule has 39 heavy (non-hydrogen) atoms. The molecule has 1 fully saturated rings. The second-order valence-electron chi connectivity index (χ2n) is 9.86. The number of carbonyl (C=O) groups excluding carboxylic acids is 2. The molecule has 2 aromatic heterocycles. The quantitative estimate of drug-likeness (QED) is 0.316. The molecule has 0 unspecified atom stereocenters. The molecule has 0 spiro atoms. The van der Waals surface area contributed by atoms with Crippen molar-refractivity contribution in [2.24, 2.45) is 0 Å². The van der Waals surface area contributed by atoms with Crippen molar-refractivity contribution < 1.29 is 19.5 Å². The van der Waals surface area contributed by atoms with Gasteiger partial charge in [0.05, 0.1) is 11.3 Å². The Morgan fingerprint density at radius 3 is 2.46 bits per heavy atom. The number of aromatic carboxylic acids is 1. The van der Waals surface area contributed by atoms with Gasteiger partial charge in [-0.05, 0) is 66.8 Å². The van der Waals surface area contributed by atoms with E-state index in [9.17, 15) is 19.5 Å². The highest BCUT2D eigenvalue weighted by Crippen LogP contribution is 2.41. The number of carbonyl (C=O) groups is 3. The summed E-state index contributed by atoms with van der Waals surface area (Å²) in [5, 5.41) is 9.47. The molecule has 1 saturated heterocycles. The fraction of sp³-hybridized carbons (Fsp3) is 0.226. The number of thiophene rings is 1. The molecule has 196 valence electrons. The molecule has 6 rings (SSSR count). The monoisotopic (exact) mass is 537 g/mol. The highest BCUT2D eigenvalue weighted by molar-refractivity contribution is 7.17. The number of anilines is 2. The molecular weight excluding hydrogens is 510 g/mol. The number of fused-ring (bicyclic) bond motifs is 3. The first-order valence-electron chi connectivity index (χ1n) is 13.1. The highest BCUT2D eigenvalue weighted by atomic mass is 32.1. The van der Waals surface area contributed by atoms with E-state index in [1.807, 2.05) is 42.5 Å². The third kappa shape index (κ3) is 4.83. The lowest BCUT2D eigenvalue weighted by Crippen LogP contribution is -2.32. The Hall–Kier alpha value is -4.30. The van der Waals surface area contributed by atoms with Gasteiger partial charge in [0.25, 0.3) is 5.91 Å². The summed E-state index contributed by atoms with van der Waals surface area (Å²) >= 11 is 1.25. The van der Waals surface area contributed by atoms with E-state index < -0.39 is 5.97 Å². The second kappa shape index (κ2) is 10.5. The normalized spacial score (nSPS) is 14.5. The van der Waals surface area contributed by atoms with Crippen molar-refractivity contribution in [3.63, 3.8) is 0 Å². The Labute approximate surface area is 230 Å². The maximum atomic E-state index is 13.7. The van der Waals surface area contributed by atoms with Crippen LogP contribution in [-0.2, 0) is 12.8 Å². The zero-order valence-corrected chi connectivity index (χ0v) is 22.1. The Balaban J connectivity index is 1.22. The number of aromatic nitrogens is 1. The first-order chi connectivity index (χ1) is 19.0. The van der Waals surface area contributed by atoms with E-state index in [4.69, 9.17) is 0 Å². The zero-order valence-electron chi connectivity index (χ0n) is 21.3. The van der Waals surface area contributed by atoms with Crippen molar-refractivity contribution in [3.8, 4) is 10.4 Å². The number of benzene rings is 2. The number of Topliss-reactive ketones (excluding diaryl/α,β-unsaturated/α-hetero) is 1. The largest absolute Gasteiger partial charge is 0.477 e. The standard InChI is InChI=1S/C31H27N3O4S/c35-26(24-7-5-14-32-29(24)33-15-3-4-16-33)18-20-9-11-21(12-10-20)30(36)34-17-13-22-19-27(31(37)38)39-28(22)23-6-1-2-8-25(23)34/h1-2,5-12,14,19H,3-4,13,15-18H2,(H,37,38). The SMILES string of the molecule is O=C(O)c1cc2c(s1)-c1ccccc1N(C(=O)c1ccc(CC(=O)c3cccnc3N3CCCC3)cc1)CC2. The van der Waals surface area contributed by atoms with Gasteiger partial charge in [-0.2, -0.15) is 0 Å². The maximum absolute atomic E-state index is 13.7. The van der Waals surface area contributed by atoms with Gasteiger partial charge in [0.15, 0.2) is 5.78 Å². The van der Waals surface area contributed by atoms with Crippen LogP contribution in [0.3, 0.4) is 0 Å². The predicted molar refractivity (Wildman–Crippen MR) is 152 cm³/mol. The Morgan fingerprint density at radius 1 is 0.923 bits per heavy atom. The summed E-state index contributed by atoms with van der Waals surface area (Å²) in [6.07, 6.45) is 4.75. The molecule has 0 bridgehead atoms. The molecule has 1 N–H and O–H groups in total. The minimum absolute atomic E-state index is 0.0115. The smallest absolute Gasteiger partial charge is 0.345 e. The molecule has 7 nitrogen and oxygen atoms in total. The summed E-state index contributed by atoms with van der Waals surface area (Å²) in [7, 11) is 0. The van der Waals surface area contributed by atoms with E-state index in [-0.39, 0.29) is 18.1 Å². The van der Waals surface area contributed by atoms with E-state index in [2.05, 4.69) is 9.88 Å². The summed E-state index contributed by atoms with van der Waals surface area (Å²) < 4.78 is 0. The first kappa shape index (κ1) is 25.0. The van der Waals surface area contributed by atoms with Crippen molar-refractivity contribution in [3.05, 3.63) is 100 Å². The van der Waals surface area contributed by atoms with Gasteiger partial charge in [-0.1, -0.05) is 30.3 Å². The lowest BCUT2D eigenvalue weighted by Gasteiger charge is -2.23. The third-order valence-electron chi connectivity index (χ3n) is 7.37. The summed E-state index contributed by atoms with van der Waals surface area (Å²) in [5.74, 6) is -0.293. The number of carboxylic acids is 1. The van der Waals surface area contributed by atoms with E-state index in [0.717, 1.165) is 59.0 Å². The van der Waals surface area contributed by atoms with Gasteiger partial charge < -0.3 is 14.9 Å². The van der Waals surface area contributed by atoms with Crippen LogP contribution in [0, 0.1) is 0 Å². The second-order valence-corrected chi connectivity index (χ2v) is 10.9. The van der Waals surface area contributed by atoms with Crippen molar-refractivity contribution in [1.82, 2.24) is 4.98 Å². The maximum Gasteiger partial charge on any atom is 0.345 e. The van der Waals surface area contributed by atoms with Crippen molar-refractivity contribution in [1.29, 1.82) is 0 Å². The number of pyridine rings is 1. The average molecular weight is 538 g/mol. The van der Waals surface area contributed by atoms with Crippen LogP contribution in [0.1, 0.15) is 54.4 Å². The molecule has 2 aliphatic heterocycles. The van der Waals surface area contributed by atoms with Crippen LogP contribution in [0.15, 0.2) is 72.9 Å². The third-order valence-corrected chi connectivity index (χ3v) is 8.57. The van der Waals surface area contributed by atoms with Gasteiger partial charge in [-0.15, -0.1) is 11.3 Å². The molecule has 4 aromatic rings. The van der Waals surface area contributed by atoms with Gasteiger partial charge in [0, 0.05) is 48.3 Å². The van der Waals surface area contributed by atoms with E-state index in [1.54, 1.807) is 35.4 Å². The van der Waals surface area contributed by atoms with Gasteiger partial charge in [-0.25, -0.2) is 9.78 Å². The van der Waals surface area contributed by atoms with Crippen LogP contribution in [0.25, 0.3) is 10.4 Å². The number of rotatable bonds is 6. The van der Waals surface area contributed by atoms with Gasteiger partial charge in [-0.3, -0.25) is 9.59 Å². The molecule has 1 amide bonds. The fourth-order valence-corrected chi connectivity index (χ4v) is 6.49. The van der Waals surface area contributed by atoms with E-state index in [0.29, 0.717) is 29.0 Å². The van der Waals surface area contributed by atoms with Gasteiger partial charge in [0.1, 0.15) is 10.7 Å². The van der Waals surface area contributed by atoms with Crippen LogP contribution < -0.4 is 9.80 Å². The number of hydrogen-bond donors (Lipinski definition) is 1. The van der Waals surface area contributed by atoms with Crippen LogP contribution in [0.4, 0.5) is 11.5 Å². The fourth-order valence-electron chi connectivity index (χ4n) is 5.41. The van der Waals surface area contributed by atoms with Gasteiger partial charge >= 0.3 is 5.97 Å². The molecule has 0 aliphatic carbocycles. The van der Waals surface area contributed by atoms with Gasteiger partial charge in [0.2, 0.25) is 0 Å². The molecule has 4 heterocycles. The summed E-state index contributed by atoms with van der Waals surface area (Å²) in [6.45, 7) is 2.28. The molecular formula is C31H27N3O4S. The Morgan fingerprint density at radius 2 is 1.69 bits per heavy atom. The minimum atomic E-state index is -0.937. The average Bonchev–Trinajstić information content (AvgIpc) is 3.62. The van der Waals surface area contributed by atoms with E-state index >= 15 is 0 Å². The summed E-state index contributed by atoms with van der Waals surface area (Å²) in [4.78, 5) is 48.0. The van der Waals surface area contributed by atoms with Crippen LogP contribution in [-0.4, -0.2) is 47.4 Å². The lowest BCUT2D eigenvalue weighted by atomic mass is 10.0. The predicted octanol–water partition coefficient (Wildman–Crippen LogP) is 5.74. The van der Waals surface area contributed by atoms with Crippen LogP contribution in [0.5, 0.6) is 0 Å². The number of amides is 1. The Bertz CT molecular complexity index is 1570. The minimum Gasteiger partial charge on any atom is -0.477 e. The van der Waals surface area contributed by atoms with Crippen molar-refractivity contribution >= 4 is 40.5 Å². The topological polar surface area (TPSA) is 90.8 Å². The number of carboxylic acid groups (broad SMARTS) is 1. The van der Waals surface area contributed by atoms with Crippen LogP contribution in [0.2, 0.25) is 0 Å². The van der Waals surface area contributed by atoms with Crippen molar-refractivity contribution in [2.45, 2.75) is 25.7 Å². The molecule has 0 atom stereocenters. The first-order valence-corrected chi connectivity index (χ1v) is 13.9. The van der Waals surface area contributed by atoms with Crippen LogP contribution >= 0.6 is 11.3 Å². The number of ketones is 1. The van der Waals surface area contributed by atoms with Crippen molar-refractivity contribution in [2.75, 3.05) is 29.4 Å².